The third kappa shape index (κ3) is 4.47. The van der Waals surface area contributed by atoms with Crippen molar-refractivity contribution in [2.75, 3.05) is 7.11 Å². The minimum atomic E-state index is -0.167. The lowest BCUT2D eigenvalue weighted by Crippen LogP contribution is -2.21. The molecule has 0 unspecified atom stereocenters. The summed E-state index contributed by atoms with van der Waals surface area (Å²) in [6.45, 7) is 0.399. The predicted molar refractivity (Wildman–Crippen MR) is 112 cm³/mol. The number of benzene rings is 2. The molecule has 4 aromatic rings. The average Bonchev–Trinajstić information content (AvgIpc) is 3.42. The monoisotopic (exact) mass is 425 g/mol. The first-order valence-electron chi connectivity index (χ1n) is 8.73. The van der Waals surface area contributed by atoms with E-state index >= 15 is 0 Å². The summed E-state index contributed by atoms with van der Waals surface area (Å²) in [7, 11) is 1.61. The molecule has 0 fully saturated rings. The summed E-state index contributed by atoms with van der Waals surface area (Å²) in [6.07, 6.45) is 0. The van der Waals surface area contributed by atoms with E-state index in [1.807, 2.05) is 48.5 Å². The van der Waals surface area contributed by atoms with Crippen molar-refractivity contribution in [2.45, 2.75) is 6.54 Å². The van der Waals surface area contributed by atoms with Crippen LogP contribution < -0.4 is 10.1 Å². The van der Waals surface area contributed by atoms with Crippen LogP contribution in [0.2, 0.25) is 5.02 Å². The second-order valence-electron chi connectivity index (χ2n) is 6.13. The average molecular weight is 426 g/mol. The van der Waals surface area contributed by atoms with Gasteiger partial charge in [0.05, 0.1) is 16.9 Å². The number of nitrogens with one attached hydrogen (secondary N) is 1. The lowest BCUT2D eigenvalue weighted by atomic mass is 10.2. The number of methoxy groups -OCH3 is 1. The molecule has 0 aliphatic carbocycles. The predicted octanol–water partition coefficient (Wildman–Crippen LogP) is 5.06. The molecular formula is C21H16ClN3O3S. The van der Waals surface area contributed by atoms with Crippen molar-refractivity contribution in [1.29, 1.82) is 0 Å². The first-order valence-corrected chi connectivity index (χ1v) is 9.93. The number of halogens is 1. The van der Waals surface area contributed by atoms with Crippen LogP contribution in [0.5, 0.6) is 5.75 Å². The van der Waals surface area contributed by atoms with Gasteiger partial charge in [-0.05, 0) is 54.1 Å². The molecule has 0 aliphatic rings. The Kier molecular flexibility index (Phi) is 5.59. The van der Waals surface area contributed by atoms with Crippen LogP contribution in [0.15, 0.2) is 65.2 Å². The summed E-state index contributed by atoms with van der Waals surface area (Å²) in [5.74, 6) is 1.43. The zero-order valence-corrected chi connectivity index (χ0v) is 17.0. The molecule has 146 valence electrons. The zero-order chi connectivity index (χ0) is 20.2. The molecule has 0 spiro atoms. The van der Waals surface area contributed by atoms with Crippen molar-refractivity contribution in [3.8, 4) is 27.9 Å². The highest BCUT2D eigenvalue weighted by atomic mass is 35.5. The van der Waals surface area contributed by atoms with Crippen molar-refractivity contribution in [3.63, 3.8) is 0 Å². The van der Waals surface area contributed by atoms with Gasteiger partial charge in [-0.25, -0.2) is 0 Å². The van der Waals surface area contributed by atoms with Gasteiger partial charge in [0.2, 0.25) is 5.82 Å². The molecule has 0 bridgehead atoms. The molecule has 0 saturated carbocycles. The molecule has 6 nitrogen and oxygen atoms in total. The summed E-state index contributed by atoms with van der Waals surface area (Å²) < 4.78 is 10.5. The molecule has 8 heteroatoms. The molecule has 0 radical (unpaired) electrons. The van der Waals surface area contributed by atoms with Gasteiger partial charge in [0.1, 0.15) is 5.75 Å². The summed E-state index contributed by atoms with van der Waals surface area (Å²) in [5.41, 5.74) is 1.73. The molecule has 2 aromatic carbocycles. The van der Waals surface area contributed by atoms with Crippen LogP contribution >= 0.6 is 22.9 Å². The van der Waals surface area contributed by atoms with Gasteiger partial charge >= 0.3 is 0 Å². The zero-order valence-electron chi connectivity index (χ0n) is 15.4. The summed E-state index contributed by atoms with van der Waals surface area (Å²) >= 11 is 7.27. The number of nitrogens with zero attached hydrogens (tertiary/aromatic N) is 2. The van der Waals surface area contributed by atoms with Crippen LogP contribution in [-0.2, 0) is 6.54 Å². The number of carbonyl (C=O) groups excluding carboxylic acids is 1. The highest BCUT2D eigenvalue weighted by Crippen LogP contribution is 2.28. The number of ether oxygens (including phenoxy) is 1. The Morgan fingerprint density at radius 3 is 2.76 bits per heavy atom. The van der Waals surface area contributed by atoms with E-state index in [9.17, 15) is 4.79 Å². The van der Waals surface area contributed by atoms with Crippen molar-refractivity contribution < 1.29 is 14.1 Å². The third-order valence-electron chi connectivity index (χ3n) is 4.16. The molecule has 2 heterocycles. The summed E-state index contributed by atoms with van der Waals surface area (Å²) in [4.78, 5) is 18.2. The molecule has 29 heavy (non-hydrogen) atoms. The Balaban J connectivity index is 1.44. The van der Waals surface area contributed by atoms with Crippen LogP contribution in [-0.4, -0.2) is 23.2 Å². The van der Waals surface area contributed by atoms with Crippen molar-refractivity contribution in [3.05, 3.63) is 76.1 Å². The summed E-state index contributed by atoms with van der Waals surface area (Å²) in [6, 6.07) is 18.3. The Hall–Kier alpha value is -3.16. The van der Waals surface area contributed by atoms with Crippen molar-refractivity contribution >= 4 is 28.8 Å². The van der Waals surface area contributed by atoms with Gasteiger partial charge in [-0.3, -0.25) is 4.79 Å². The van der Waals surface area contributed by atoms with Gasteiger partial charge < -0.3 is 14.6 Å². The largest absolute Gasteiger partial charge is 0.497 e. The SMILES string of the molecule is COc1ccc(-c2nc(-c3ccc(C(=O)NCc4cccc(Cl)c4)s3)no2)cc1. The molecule has 0 aliphatic heterocycles. The van der Waals surface area contributed by atoms with Gasteiger partial charge in [0.25, 0.3) is 11.8 Å². The quantitative estimate of drug-likeness (QED) is 0.467. The number of hydrogen-bond acceptors (Lipinski definition) is 6. The number of hydrogen-bond donors (Lipinski definition) is 1. The molecule has 0 saturated heterocycles. The standard InChI is InChI=1S/C21H16ClN3O3S/c1-27-16-7-5-14(6-8-16)21-24-19(25-28-21)17-9-10-18(29-17)20(26)23-12-13-3-2-4-15(22)11-13/h2-11H,12H2,1H3,(H,23,26). The minimum Gasteiger partial charge on any atom is -0.497 e. The normalized spacial score (nSPS) is 10.7. The molecule has 0 atom stereocenters. The Morgan fingerprint density at radius 1 is 1.17 bits per heavy atom. The fraction of sp³-hybridized carbons (Fsp3) is 0.0952. The van der Waals surface area contributed by atoms with Gasteiger partial charge in [-0.15, -0.1) is 11.3 Å². The number of aromatic nitrogens is 2. The van der Waals surface area contributed by atoms with Crippen LogP contribution in [0.1, 0.15) is 15.2 Å². The molecule has 4 rings (SSSR count). The lowest BCUT2D eigenvalue weighted by Gasteiger charge is -2.04. The fourth-order valence-corrected chi connectivity index (χ4v) is 3.73. The van der Waals surface area contributed by atoms with E-state index in [0.717, 1.165) is 21.8 Å². The van der Waals surface area contributed by atoms with Crippen LogP contribution in [0.25, 0.3) is 22.2 Å². The summed E-state index contributed by atoms with van der Waals surface area (Å²) in [5, 5.41) is 7.55. The van der Waals surface area contributed by atoms with E-state index in [4.69, 9.17) is 20.9 Å². The van der Waals surface area contributed by atoms with Gasteiger partial charge in [-0.1, -0.05) is 28.9 Å². The molecule has 1 amide bonds. The number of carbonyl (C=O) groups is 1. The van der Waals surface area contributed by atoms with Crippen molar-refractivity contribution in [2.24, 2.45) is 0 Å². The maximum Gasteiger partial charge on any atom is 0.261 e. The molecule has 1 N–H and O–H groups in total. The smallest absolute Gasteiger partial charge is 0.261 e. The first-order chi connectivity index (χ1) is 14.1. The lowest BCUT2D eigenvalue weighted by molar-refractivity contribution is 0.0955. The number of thiophene rings is 1. The van der Waals surface area contributed by atoms with Crippen LogP contribution in [0.4, 0.5) is 0 Å². The topological polar surface area (TPSA) is 77.2 Å². The number of rotatable bonds is 6. The van der Waals surface area contributed by atoms with E-state index in [-0.39, 0.29) is 5.91 Å². The first kappa shape index (κ1) is 19.2. The Labute approximate surface area is 176 Å². The van der Waals surface area contributed by atoms with Crippen LogP contribution in [0.3, 0.4) is 0 Å². The van der Waals surface area contributed by atoms with E-state index in [0.29, 0.717) is 28.2 Å². The second-order valence-corrected chi connectivity index (χ2v) is 7.65. The minimum absolute atomic E-state index is 0.167. The van der Waals surface area contributed by atoms with E-state index in [1.165, 1.54) is 11.3 Å². The van der Waals surface area contributed by atoms with E-state index in [2.05, 4.69) is 15.5 Å². The maximum atomic E-state index is 12.4. The Morgan fingerprint density at radius 2 is 2.00 bits per heavy atom. The fourth-order valence-electron chi connectivity index (χ4n) is 2.67. The molecular weight excluding hydrogens is 410 g/mol. The van der Waals surface area contributed by atoms with Gasteiger partial charge in [0.15, 0.2) is 0 Å². The van der Waals surface area contributed by atoms with Gasteiger partial charge in [-0.2, -0.15) is 4.98 Å². The highest BCUT2D eigenvalue weighted by Gasteiger charge is 2.15. The Bertz CT molecular complexity index is 1140. The van der Waals surface area contributed by atoms with Gasteiger partial charge in [0, 0.05) is 17.1 Å². The molecule has 2 aromatic heterocycles. The second kappa shape index (κ2) is 8.46. The maximum absolute atomic E-state index is 12.4. The highest BCUT2D eigenvalue weighted by molar-refractivity contribution is 7.17. The van der Waals surface area contributed by atoms with Crippen LogP contribution in [0, 0.1) is 0 Å². The third-order valence-corrected chi connectivity index (χ3v) is 5.47. The number of amides is 1. The van der Waals surface area contributed by atoms with Crippen molar-refractivity contribution in [1.82, 2.24) is 15.5 Å². The van der Waals surface area contributed by atoms with E-state index in [1.54, 1.807) is 19.2 Å². The van der Waals surface area contributed by atoms with E-state index < -0.39 is 0 Å².